The van der Waals surface area contributed by atoms with Crippen molar-refractivity contribution in [3.05, 3.63) is 60.7 Å². The largest absolute Gasteiger partial charge is 0.380 e. The van der Waals surface area contributed by atoms with Gasteiger partial charge in [0.2, 0.25) is 0 Å². The molecule has 2 aromatic rings. The number of anilines is 1. The minimum atomic E-state index is -4.08. The van der Waals surface area contributed by atoms with E-state index >= 15 is 0 Å². The van der Waals surface area contributed by atoms with Crippen LogP contribution in [0.3, 0.4) is 0 Å². The van der Waals surface area contributed by atoms with Gasteiger partial charge >= 0.3 is 0 Å². The minimum Gasteiger partial charge on any atom is -0.380 e. The SMILES string of the molecule is CCCCCCC(O)(CCCCCC)C(=O)NN(c1ccccc1)S(=O)(=O)c1ccccc1. The van der Waals surface area contributed by atoms with Crippen molar-refractivity contribution in [2.75, 3.05) is 4.41 Å². The minimum absolute atomic E-state index is 0.0589. The number of aliphatic hydroxyl groups is 1. The third-order valence-corrected chi connectivity index (χ3v) is 7.44. The summed E-state index contributed by atoms with van der Waals surface area (Å²) in [6.45, 7) is 4.21. The molecule has 0 saturated heterocycles. The summed E-state index contributed by atoms with van der Waals surface area (Å²) in [5.41, 5.74) is 1.23. The molecule has 0 spiro atoms. The van der Waals surface area contributed by atoms with Gasteiger partial charge < -0.3 is 5.11 Å². The first-order chi connectivity index (χ1) is 15.8. The summed E-state index contributed by atoms with van der Waals surface area (Å²) in [5.74, 6) is -0.682. The Bertz CT molecular complexity index is 921. The second-order valence-electron chi connectivity index (χ2n) is 8.51. The van der Waals surface area contributed by atoms with Crippen LogP contribution in [0.15, 0.2) is 65.6 Å². The van der Waals surface area contributed by atoms with Gasteiger partial charge in [0.1, 0.15) is 5.60 Å². The zero-order chi connectivity index (χ0) is 24.2. The molecule has 0 aromatic heterocycles. The summed E-state index contributed by atoms with van der Waals surface area (Å²) in [6, 6.07) is 16.4. The fourth-order valence-electron chi connectivity index (χ4n) is 3.76. The average molecular weight is 475 g/mol. The van der Waals surface area contributed by atoms with Crippen molar-refractivity contribution in [2.24, 2.45) is 0 Å². The molecular weight excluding hydrogens is 436 g/mol. The molecule has 0 saturated carbocycles. The molecule has 33 heavy (non-hydrogen) atoms. The number of amides is 1. The van der Waals surface area contributed by atoms with Crippen LogP contribution >= 0.6 is 0 Å². The number of carbonyl (C=O) groups is 1. The Hall–Kier alpha value is -2.38. The van der Waals surface area contributed by atoms with E-state index in [0.717, 1.165) is 42.9 Å². The Kier molecular flexibility index (Phi) is 10.9. The summed E-state index contributed by atoms with van der Waals surface area (Å²) < 4.78 is 27.7. The number of nitrogens with one attached hydrogen (secondary N) is 1. The number of hydrogen-bond acceptors (Lipinski definition) is 4. The summed E-state index contributed by atoms with van der Waals surface area (Å²) in [5, 5.41) is 11.4. The van der Waals surface area contributed by atoms with Gasteiger partial charge in [0.05, 0.1) is 10.6 Å². The molecule has 0 aliphatic carbocycles. The molecule has 182 valence electrons. The van der Waals surface area contributed by atoms with E-state index in [9.17, 15) is 18.3 Å². The molecular formula is C26H38N2O4S. The zero-order valence-corrected chi connectivity index (χ0v) is 20.7. The lowest BCUT2D eigenvalue weighted by Gasteiger charge is -2.32. The predicted molar refractivity (Wildman–Crippen MR) is 133 cm³/mol. The molecule has 2 rings (SSSR count). The van der Waals surface area contributed by atoms with Crippen molar-refractivity contribution >= 4 is 21.6 Å². The van der Waals surface area contributed by atoms with Crippen molar-refractivity contribution in [3.8, 4) is 0 Å². The normalized spacial score (nSPS) is 11.8. The van der Waals surface area contributed by atoms with Gasteiger partial charge in [-0.2, -0.15) is 12.8 Å². The van der Waals surface area contributed by atoms with Crippen LogP contribution in [-0.4, -0.2) is 25.0 Å². The molecule has 2 N–H and O–H groups in total. The molecule has 7 heteroatoms. The highest BCUT2D eigenvalue weighted by Gasteiger charge is 2.38. The topological polar surface area (TPSA) is 86.7 Å². The summed E-state index contributed by atoms with van der Waals surface area (Å²) in [4.78, 5) is 13.4. The molecule has 0 bridgehead atoms. The van der Waals surface area contributed by atoms with Crippen LogP contribution in [0.2, 0.25) is 0 Å². The smallest absolute Gasteiger partial charge is 0.281 e. The number of sulfonamides is 1. The molecule has 2 aromatic carbocycles. The number of hydrazine groups is 1. The number of unbranched alkanes of at least 4 members (excludes halogenated alkanes) is 6. The number of carbonyl (C=O) groups excluding carboxylic acids is 1. The van der Waals surface area contributed by atoms with Gasteiger partial charge in [-0.05, 0) is 37.1 Å². The predicted octanol–water partition coefficient (Wildman–Crippen LogP) is 5.59. The Morgan fingerprint density at radius 3 is 1.79 bits per heavy atom. The van der Waals surface area contributed by atoms with Crippen LogP contribution in [0.4, 0.5) is 5.69 Å². The number of benzene rings is 2. The maximum atomic E-state index is 13.4. The van der Waals surface area contributed by atoms with E-state index in [1.165, 1.54) is 12.1 Å². The highest BCUT2D eigenvalue weighted by molar-refractivity contribution is 7.92. The van der Waals surface area contributed by atoms with Crippen LogP contribution in [0.1, 0.15) is 78.1 Å². The van der Waals surface area contributed by atoms with E-state index in [-0.39, 0.29) is 4.90 Å². The lowest BCUT2D eigenvalue weighted by molar-refractivity contribution is -0.141. The van der Waals surface area contributed by atoms with Crippen molar-refractivity contribution in [3.63, 3.8) is 0 Å². The first-order valence-electron chi connectivity index (χ1n) is 12.0. The van der Waals surface area contributed by atoms with Crippen molar-refractivity contribution < 1.29 is 18.3 Å². The summed E-state index contributed by atoms with van der Waals surface area (Å²) in [6.07, 6.45) is 8.05. The van der Waals surface area contributed by atoms with E-state index < -0.39 is 21.5 Å². The van der Waals surface area contributed by atoms with Crippen molar-refractivity contribution in [1.29, 1.82) is 0 Å². The molecule has 0 fully saturated rings. The first kappa shape index (κ1) is 26.9. The fraction of sp³-hybridized carbons (Fsp3) is 0.500. The molecule has 0 heterocycles. The zero-order valence-electron chi connectivity index (χ0n) is 19.9. The van der Waals surface area contributed by atoms with Crippen LogP contribution in [0, 0.1) is 0 Å². The maximum Gasteiger partial charge on any atom is 0.281 e. The van der Waals surface area contributed by atoms with E-state index in [1.807, 2.05) is 0 Å². The molecule has 6 nitrogen and oxygen atoms in total. The summed E-state index contributed by atoms with van der Waals surface area (Å²) >= 11 is 0. The highest BCUT2D eigenvalue weighted by atomic mass is 32.2. The van der Waals surface area contributed by atoms with Crippen LogP contribution in [0.5, 0.6) is 0 Å². The second kappa shape index (κ2) is 13.4. The monoisotopic (exact) mass is 474 g/mol. The van der Waals surface area contributed by atoms with Crippen LogP contribution in [0.25, 0.3) is 0 Å². The van der Waals surface area contributed by atoms with Crippen molar-refractivity contribution in [1.82, 2.24) is 5.43 Å². The number of rotatable bonds is 15. The van der Waals surface area contributed by atoms with Gasteiger partial charge in [0, 0.05) is 0 Å². The van der Waals surface area contributed by atoms with Gasteiger partial charge in [-0.1, -0.05) is 102 Å². The Labute approximate surface area is 199 Å². The van der Waals surface area contributed by atoms with E-state index in [0.29, 0.717) is 31.4 Å². The highest BCUT2D eigenvalue weighted by Crippen LogP contribution is 2.26. The third-order valence-electron chi connectivity index (χ3n) is 5.79. The van der Waals surface area contributed by atoms with Crippen LogP contribution in [-0.2, 0) is 14.8 Å². The second-order valence-corrected chi connectivity index (χ2v) is 10.3. The quantitative estimate of drug-likeness (QED) is 0.260. The van der Waals surface area contributed by atoms with Gasteiger partial charge in [-0.25, -0.2) is 0 Å². The summed E-state index contributed by atoms with van der Waals surface area (Å²) in [7, 11) is -4.08. The van der Waals surface area contributed by atoms with Gasteiger partial charge in [0.25, 0.3) is 15.9 Å². The molecule has 0 aliphatic rings. The Morgan fingerprint density at radius 2 is 1.30 bits per heavy atom. The Morgan fingerprint density at radius 1 is 0.818 bits per heavy atom. The lowest BCUT2D eigenvalue weighted by atomic mass is 9.89. The number of hydrogen-bond donors (Lipinski definition) is 2. The maximum absolute atomic E-state index is 13.4. The van der Waals surface area contributed by atoms with Gasteiger partial charge in [-0.3, -0.25) is 10.2 Å². The Balaban J connectivity index is 2.31. The van der Waals surface area contributed by atoms with Gasteiger partial charge in [0.15, 0.2) is 0 Å². The van der Waals surface area contributed by atoms with E-state index in [4.69, 9.17) is 0 Å². The lowest BCUT2D eigenvalue weighted by Crippen LogP contribution is -2.55. The van der Waals surface area contributed by atoms with E-state index in [2.05, 4.69) is 19.3 Å². The molecule has 1 amide bonds. The van der Waals surface area contributed by atoms with Crippen LogP contribution < -0.4 is 9.84 Å². The van der Waals surface area contributed by atoms with E-state index in [1.54, 1.807) is 48.5 Å². The fourth-order valence-corrected chi connectivity index (χ4v) is 5.08. The number of nitrogens with zero attached hydrogens (tertiary/aromatic N) is 1. The van der Waals surface area contributed by atoms with Gasteiger partial charge in [-0.15, -0.1) is 0 Å². The first-order valence-corrected chi connectivity index (χ1v) is 13.5. The van der Waals surface area contributed by atoms with Crippen molar-refractivity contribution in [2.45, 2.75) is 88.6 Å². The molecule has 0 unspecified atom stereocenters. The average Bonchev–Trinajstić information content (AvgIpc) is 2.84. The number of para-hydroxylation sites is 1. The molecule has 0 radical (unpaired) electrons. The third kappa shape index (κ3) is 7.86. The molecule has 0 aliphatic heterocycles. The standard InChI is InChI=1S/C26H38N2O4S/c1-3-5-7-15-21-26(30,22-16-8-6-4-2)25(29)27-28(23-17-11-9-12-18-23)33(31,32)24-19-13-10-14-20-24/h9-14,17-20,30H,3-8,15-16,21-22H2,1-2H3,(H,27,29). The molecule has 0 atom stereocenters.